The Labute approximate surface area is 106 Å². The van der Waals surface area contributed by atoms with Gasteiger partial charge in [0.15, 0.2) is 0 Å². The molecule has 0 amide bonds. The van der Waals surface area contributed by atoms with Crippen molar-refractivity contribution < 1.29 is 4.74 Å². The highest BCUT2D eigenvalue weighted by Crippen LogP contribution is 2.20. The molecule has 1 aliphatic heterocycles. The molecule has 1 aliphatic rings. The van der Waals surface area contributed by atoms with Gasteiger partial charge in [0, 0.05) is 16.6 Å². The molecular weight excluding hydrogens is 245 g/mol. The minimum Gasteiger partial charge on any atom is -0.372 e. The van der Waals surface area contributed by atoms with Crippen molar-refractivity contribution in [1.82, 2.24) is 5.32 Å². The van der Waals surface area contributed by atoms with Crippen LogP contribution in [-0.4, -0.2) is 19.2 Å². The minimum absolute atomic E-state index is 0.312. The van der Waals surface area contributed by atoms with Crippen molar-refractivity contribution in [1.29, 1.82) is 0 Å². The fourth-order valence-corrected chi connectivity index (χ4v) is 2.44. The molecule has 1 N–H and O–H groups in total. The molecular formula is C12H15Cl2NO. The van der Waals surface area contributed by atoms with E-state index in [0.29, 0.717) is 22.8 Å². The zero-order chi connectivity index (χ0) is 11.4. The van der Waals surface area contributed by atoms with Crippen molar-refractivity contribution >= 4 is 23.2 Å². The number of halogens is 2. The van der Waals surface area contributed by atoms with E-state index in [2.05, 4.69) is 5.32 Å². The summed E-state index contributed by atoms with van der Waals surface area (Å²) in [5.41, 5.74) is 1.03. The topological polar surface area (TPSA) is 21.3 Å². The molecule has 1 aromatic rings. The molecule has 0 saturated carbocycles. The Bertz CT molecular complexity index is 331. The van der Waals surface area contributed by atoms with Gasteiger partial charge in [-0.25, -0.2) is 0 Å². The van der Waals surface area contributed by atoms with Crippen LogP contribution in [0.25, 0.3) is 0 Å². The molecule has 2 nitrogen and oxygen atoms in total. The molecule has 0 unspecified atom stereocenters. The first-order valence-electron chi connectivity index (χ1n) is 5.51. The molecule has 1 fully saturated rings. The number of hydrogen-bond acceptors (Lipinski definition) is 2. The molecule has 0 radical (unpaired) electrons. The summed E-state index contributed by atoms with van der Waals surface area (Å²) < 4.78 is 5.80. The van der Waals surface area contributed by atoms with Gasteiger partial charge in [-0.2, -0.15) is 0 Å². The number of nitrogens with one attached hydrogen (secondary N) is 1. The molecule has 16 heavy (non-hydrogen) atoms. The maximum absolute atomic E-state index is 5.92. The molecule has 0 aliphatic carbocycles. The first-order chi connectivity index (χ1) is 7.74. The van der Waals surface area contributed by atoms with Crippen LogP contribution in [0.1, 0.15) is 18.4 Å². The van der Waals surface area contributed by atoms with Crippen molar-refractivity contribution in [2.75, 3.05) is 13.1 Å². The maximum Gasteiger partial charge on any atom is 0.0722 e. The van der Waals surface area contributed by atoms with Gasteiger partial charge in [-0.15, -0.1) is 0 Å². The molecule has 0 bridgehead atoms. The molecule has 1 atom stereocenters. The molecule has 1 heterocycles. The Kier molecular flexibility index (Phi) is 4.47. The Morgan fingerprint density at radius 3 is 2.62 bits per heavy atom. The van der Waals surface area contributed by atoms with Crippen LogP contribution in [-0.2, 0) is 11.3 Å². The lowest BCUT2D eigenvalue weighted by Crippen LogP contribution is -2.35. The van der Waals surface area contributed by atoms with Crippen LogP contribution in [0.5, 0.6) is 0 Å². The second-order valence-electron chi connectivity index (χ2n) is 4.06. The highest BCUT2D eigenvalue weighted by molar-refractivity contribution is 6.34. The first-order valence-corrected chi connectivity index (χ1v) is 6.27. The van der Waals surface area contributed by atoms with Crippen molar-refractivity contribution in [2.24, 2.45) is 0 Å². The van der Waals surface area contributed by atoms with Gasteiger partial charge in [-0.05, 0) is 43.1 Å². The molecule has 1 aromatic carbocycles. The number of ether oxygens (including phenoxy) is 1. The molecule has 1 saturated heterocycles. The van der Waals surface area contributed by atoms with Gasteiger partial charge in [0.05, 0.1) is 12.7 Å². The fourth-order valence-electron chi connectivity index (χ4n) is 1.87. The zero-order valence-electron chi connectivity index (χ0n) is 9.01. The van der Waals surface area contributed by atoms with Crippen molar-refractivity contribution in [2.45, 2.75) is 25.6 Å². The van der Waals surface area contributed by atoms with Crippen LogP contribution in [0.2, 0.25) is 10.0 Å². The van der Waals surface area contributed by atoms with E-state index in [1.54, 1.807) is 6.07 Å². The third-order valence-electron chi connectivity index (χ3n) is 2.66. The standard InChI is InChI=1S/C12H15Cl2NO/c13-10-4-9(5-11(14)6-10)8-16-12-2-1-3-15-7-12/h4-6,12,15H,1-3,7-8H2/t12-/m0/s1. The van der Waals surface area contributed by atoms with Gasteiger partial charge in [-0.3, -0.25) is 0 Å². The first kappa shape index (κ1) is 12.2. The highest BCUT2D eigenvalue weighted by atomic mass is 35.5. The van der Waals surface area contributed by atoms with Crippen molar-refractivity contribution in [3.63, 3.8) is 0 Å². The molecule has 88 valence electrons. The number of hydrogen-bond donors (Lipinski definition) is 1. The lowest BCUT2D eigenvalue weighted by Gasteiger charge is -2.23. The van der Waals surface area contributed by atoms with Gasteiger partial charge < -0.3 is 10.1 Å². The average Bonchev–Trinajstić information content (AvgIpc) is 2.27. The van der Waals surface area contributed by atoms with Crippen LogP contribution in [0.4, 0.5) is 0 Å². The Balaban J connectivity index is 1.88. The Morgan fingerprint density at radius 1 is 1.25 bits per heavy atom. The summed E-state index contributed by atoms with van der Waals surface area (Å²) in [5.74, 6) is 0. The predicted octanol–water partition coefficient (Wildman–Crippen LogP) is 3.26. The van der Waals surface area contributed by atoms with Crippen LogP contribution in [0, 0.1) is 0 Å². The lowest BCUT2D eigenvalue weighted by molar-refractivity contribution is 0.0253. The van der Waals surface area contributed by atoms with E-state index in [4.69, 9.17) is 27.9 Å². The normalized spacial score (nSPS) is 21.0. The quantitative estimate of drug-likeness (QED) is 0.900. The van der Waals surface area contributed by atoms with E-state index in [9.17, 15) is 0 Å². The Morgan fingerprint density at radius 2 is 2.00 bits per heavy atom. The summed E-state index contributed by atoms with van der Waals surface area (Å²) >= 11 is 11.8. The van der Waals surface area contributed by atoms with E-state index < -0.39 is 0 Å². The van der Waals surface area contributed by atoms with Crippen molar-refractivity contribution in [3.8, 4) is 0 Å². The highest BCUT2D eigenvalue weighted by Gasteiger charge is 2.13. The maximum atomic E-state index is 5.92. The van der Waals surface area contributed by atoms with Crippen LogP contribution < -0.4 is 5.32 Å². The predicted molar refractivity (Wildman–Crippen MR) is 67.1 cm³/mol. The zero-order valence-corrected chi connectivity index (χ0v) is 10.5. The van der Waals surface area contributed by atoms with E-state index in [-0.39, 0.29) is 0 Å². The van der Waals surface area contributed by atoms with Gasteiger partial charge in [-0.1, -0.05) is 23.2 Å². The summed E-state index contributed by atoms with van der Waals surface area (Å²) in [7, 11) is 0. The van der Waals surface area contributed by atoms with Crippen LogP contribution in [0.3, 0.4) is 0 Å². The van der Waals surface area contributed by atoms with Crippen LogP contribution in [0.15, 0.2) is 18.2 Å². The average molecular weight is 260 g/mol. The monoisotopic (exact) mass is 259 g/mol. The van der Waals surface area contributed by atoms with Gasteiger partial charge in [0.1, 0.15) is 0 Å². The van der Waals surface area contributed by atoms with Crippen molar-refractivity contribution in [3.05, 3.63) is 33.8 Å². The third kappa shape index (κ3) is 3.63. The number of benzene rings is 1. The van der Waals surface area contributed by atoms with E-state index in [0.717, 1.165) is 25.1 Å². The van der Waals surface area contributed by atoms with Crippen LogP contribution >= 0.6 is 23.2 Å². The van der Waals surface area contributed by atoms with E-state index in [1.807, 2.05) is 12.1 Å². The largest absolute Gasteiger partial charge is 0.372 e. The third-order valence-corrected chi connectivity index (χ3v) is 3.10. The minimum atomic E-state index is 0.312. The second-order valence-corrected chi connectivity index (χ2v) is 4.93. The summed E-state index contributed by atoms with van der Waals surface area (Å²) in [6.07, 6.45) is 2.62. The van der Waals surface area contributed by atoms with Gasteiger partial charge >= 0.3 is 0 Å². The molecule has 0 aromatic heterocycles. The number of rotatable bonds is 3. The lowest BCUT2D eigenvalue weighted by atomic mass is 10.1. The summed E-state index contributed by atoms with van der Waals surface area (Å²) in [5, 5.41) is 4.64. The molecule has 0 spiro atoms. The molecule has 4 heteroatoms. The summed E-state index contributed by atoms with van der Waals surface area (Å²) in [4.78, 5) is 0. The SMILES string of the molecule is Clc1cc(Cl)cc(CO[C@H]2CCCNC2)c1. The van der Waals surface area contributed by atoms with Gasteiger partial charge in [0.25, 0.3) is 0 Å². The second kappa shape index (κ2) is 5.87. The van der Waals surface area contributed by atoms with Gasteiger partial charge in [0.2, 0.25) is 0 Å². The smallest absolute Gasteiger partial charge is 0.0722 e. The Hall–Kier alpha value is -0.280. The summed E-state index contributed by atoms with van der Waals surface area (Å²) in [6.45, 7) is 2.61. The molecule has 2 rings (SSSR count). The summed E-state index contributed by atoms with van der Waals surface area (Å²) in [6, 6.07) is 5.52. The van der Waals surface area contributed by atoms with E-state index >= 15 is 0 Å². The number of piperidine rings is 1. The van der Waals surface area contributed by atoms with E-state index in [1.165, 1.54) is 6.42 Å². The fraction of sp³-hybridized carbons (Fsp3) is 0.500.